The van der Waals surface area contributed by atoms with Crippen molar-refractivity contribution in [3.8, 4) is 22.3 Å². The van der Waals surface area contributed by atoms with Gasteiger partial charge in [-0.1, -0.05) is 127 Å². The number of anilines is 3. The van der Waals surface area contributed by atoms with Crippen LogP contribution in [0.3, 0.4) is 0 Å². The first kappa shape index (κ1) is 28.0. The molecule has 1 nitrogen and oxygen atoms in total. The second kappa shape index (κ2) is 10.0. The summed E-state index contributed by atoms with van der Waals surface area (Å²) in [4.78, 5) is 2.32. The lowest BCUT2D eigenvalue weighted by Gasteiger charge is -2.49. The van der Waals surface area contributed by atoms with Crippen LogP contribution in [-0.4, -0.2) is 0 Å². The predicted molar refractivity (Wildman–Crippen MR) is 181 cm³/mol. The van der Waals surface area contributed by atoms with E-state index in [1.165, 1.54) is 44.5 Å². The molecule has 0 N–H and O–H groups in total. The molecule has 5 aromatic rings. The lowest BCUT2D eigenvalue weighted by molar-refractivity contribution is 0.298. The van der Waals surface area contributed by atoms with Gasteiger partial charge in [0.15, 0.2) is 0 Å². The topological polar surface area (TPSA) is 3.24 Å². The first-order valence-corrected chi connectivity index (χ1v) is 15.2. The Bertz CT molecular complexity index is 1730. The summed E-state index contributed by atoms with van der Waals surface area (Å²) in [5, 5.41) is 0. The fourth-order valence-electron chi connectivity index (χ4n) is 6.43. The van der Waals surface area contributed by atoms with Crippen molar-refractivity contribution in [2.45, 2.75) is 71.6 Å². The molecule has 0 aliphatic heterocycles. The molecule has 42 heavy (non-hydrogen) atoms. The van der Waals surface area contributed by atoms with Crippen molar-refractivity contribution in [3.05, 3.63) is 138 Å². The van der Waals surface area contributed by atoms with Crippen LogP contribution in [-0.2, 0) is 16.2 Å². The average Bonchev–Trinajstić information content (AvgIpc) is 2.97. The Morgan fingerprint density at radius 3 is 1.55 bits per heavy atom. The zero-order valence-electron chi connectivity index (χ0n) is 26.4. The summed E-state index contributed by atoms with van der Waals surface area (Å²) in [6.45, 7) is 18.7. The van der Waals surface area contributed by atoms with E-state index >= 15 is 0 Å². The third kappa shape index (κ3) is 4.66. The summed E-state index contributed by atoms with van der Waals surface area (Å²) in [5.74, 6) is 0. The maximum absolute atomic E-state index is 2.47. The highest BCUT2D eigenvalue weighted by molar-refractivity contribution is 5.82. The molecule has 0 spiro atoms. The number of hydrogen-bond donors (Lipinski definition) is 0. The lowest BCUT2D eigenvalue weighted by atomic mass is 9.55. The SMILES string of the molecule is Cc1ccc(N(c2ccccc2)c2ccc(-c3ccc4c(c3)C(C)(C)C(C)(C)c3cc(C(C)(C)C)ccc3-4)cc2)cc1. The molecule has 212 valence electrons. The molecule has 1 aliphatic rings. The van der Waals surface area contributed by atoms with Gasteiger partial charge in [-0.3, -0.25) is 0 Å². The Hall–Kier alpha value is -4.10. The van der Waals surface area contributed by atoms with E-state index in [1.807, 2.05) is 0 Å². The van der Waals surface area contributed by atoms with Crippen molar-refractivity contribution in [1.29, 1.82) is 0 Å². The number of nitrogens with zero attached hydrogens (tertiary/aromatic N) is 1. The van der Waals surface area contributed by atoms with Gasteiger partial charge in [0.1, 0.15) is 0 Å². The Kier molecular flexibility index (Phi) is 6.69. The van der Waals surface area contributed by atoms with Gasteiger partial charge in [0.2, 0.25) is 0 Å². The smallest absolute Gasteiger partial charge is 0.0462 e. The number of rotatable bonds is 4. The molecule has 1 aliphatic carbocycles. The molecular weight excluding hydrogens is 506 g/mol. The summed E-state index contributed by atoms with van der Waals surface area (Å²) in [7, 11) is 0. The van der Waals surface area contributed by atoms with E-state index in [4.69, 9.17) is 0 Å². The number of aryl methyl sites for hydroxylation is 1. The van der Waals surface area contributed by atoms with E-state index < -0.39 is 0 Å². The molecule has 0 bridgehead atoms. The summed E-state index contributed by atoms with van der Waals surface area (Å²) < 4.78 is 0. The van der Waals surface area contributed by atoms with Gasteiger partial charge < -0.3 is 4.90 Å². The van der Waals surface area contributed by atoms with E-state index in [-0.39, 0.29) is 16.2 Å². The minimum absolute atomic E-state index is 0.0106. The maximum atomic E-state index is 2.47. The van der Waals surface area contributed by atoms with Crippen LogP contribution in [0.2, 0.25) is 0 Å². The Balaban J connectivity index is 1.41. The third-order valence-corrected chi connectivity index (χ3v) is 9.87. The summed E-state index contributed by atoms with van der Waals surface area (Å²) in [6.07, 6.45) is 0. The van der Waals surface area contributed by atoms with Crippen LogP contribution < -0.4 is 4.90 Å². The van der Waals surface area contributed by atoms with E-state index in [0.29, 0.717) is 0 Å². The quantitative estimate of drug-likeness (QED) is 0.215. The summed E-state index contributed by atoms with van der Waals surface area (Å²) in [5.41, 5.74) is 14.3. The van der Waals surface area contributed by atoms with Crippen molar-refractivity contribution in [3.63, 3.8) is 0 Å². The highest BCUT2D eigenvalue weighted by Crippen LogP contribution is 2.55. The highest BCUT2D eigenvalue weighted by Gasteiger charge is 2.46. The Morgan fingerprint density at radius 1 is 0.500 bits per heavy atom. The molecule has 0 atom stereocenters. The molecule has 1 heteroatoms. The second-order valence-corrected chi connectivity index (χ2v) is 14.1. The zero-order chi connectivity index (χ0) is 29.9. The molecule has 0 unspecified atom stereocenters. The normalized spacial score (nSPS) is 15.0. The van der Waals surface area contributed by atoms with E-state index in [0.717, 1.165) is 17.1 Å². The van der Waals surface area contributed by atoms with Gasteiger partial charge in [0.25, 0.3) is 0 Å². The standard InChI is InChI=1S/C41H43N/c1-28-14-20-33(21-15-28)42(32-12-10-9-11-13-32)34-22-16-29(17-23-34)30-18-24-35-36-25-19-31(39(2,3)4)27-38(36)41(7,8)40(5,6)37(35)26-30/h9-27H,1-8H3. The van der Waals surface area contributed by atoms with Crippen LogP contribution in [0.1, 0.15) is 70.7 Å². The molecule has 0 aromatic heterocycles. The van der Waals surface area contributed by atoms with Crippen molar-refractivity contribution >= 4 is 17.1 Å². The first-order valence-electron chi connectivity index (χ1n) is 15.2. The Labute approximate surface area is 252 Å². The highest BCUT2D eigenvalue weighted by atomic mass is 15.1. The monoisotopic (exact) mass is 549 g/mol. The van der Waals surface area contributed by atoms with Crippen LogP contribution in [0, 0.1) is 6.92 Å². The second-order valence-electron chi connectivity index (χ2n) is 14.1. The van der Waals surface area contributed by atoms with Crippen LogP contribution >= 0.6 is 0 Å². The first-order chi connectivity index (χ1) is 19.9. The number of benzene rings is 5. The van der Waals surface area contributed by atoms with E-state index in [9.17, 15) is 0 Å². The number of hydrogen-bond acceptors (Lipinski definition) is 1. The van der Waals surface area contributed by atoms with Gasteiger partial charge >= 0.3 is 0 Å². The minimum Gasteiger partial charge on any atom is -0.311 e. The fourth-order valence-corrected chi connectivity index (χ4v) is 6.43. The van der Waals surface area contributed by atoms with E-state index in [1.54, 1.807) is 0 Å². The average molecular weight is 550 g/mol. The van der Waals surface area contributed by atoms with Crippen LogP contribution in [0.15, 0.2) is 115 Å². The molecular formula is C41H43N. The summed E-state index contributed by atoms with van der Waals surface area (Å²) in [6, 6.07) is 42.7. The molecule has 0 saturated heterocycles. The molecule has 0 saturated carbocycles. The van der Waals surface area contributed by atoms with Gasteiger partial charge in [0, 0.05) is 17.1 Å². The van der Waals surface area contributed by atoms with Gasteiger partial charge in [-0.2, -0.15) is 0 Å². The van der Waals surface area contributed by atoms with Crippen molar-refractivity contribution in [2.75, 3.05) is 4.90 Å². The number of fused-ring (bicyclic) bond motifs is 3. The van der Waals surface area contributed by atoms with Crippen LogP contribution in [0.25, 0.3) is 22.3 Å². The molecule has 0 radical (unpaired) electrons. The van der Waals surface area contributed by atoms with E-state index in [2.05, 4.69) is 176 Å². The summed E-state index contributed by atoms with van der Waals surface area (Å²) >= 11 is 0. The number of para-hydroxylation sites is 1. The minimum atomic E-state index is -0.0304. The van der Waals surface area contributed by atoms with Crippen molar-refractivity contribution < 1.29 is 0 Å². The molecule has 6 rings (SSSR count). The fraction of sp³-hybridized carbons (Fsp3) is 0.268. The third-order valence-electron chi connectivity index (χ3n) is 9.87. The van der Waals surface area contributed by atoms with Crippen molar-refractivity contribution in [1.82, 2.24) is 0 Å². The van der Waals surface area contributed by atoms with Gasteiger partial charge in [-0.25, -0.2) is 0 Å². The van der Waals surface area contributed by atoms with Crippen LogP contribution in [0.5, 0.6) is 0 Å². The zero-order valence-corrected chi connectivity index (χ0v) is 26.4. The van der Waals surface area contributed by atoms with Crippen LogP contribution in [0.4, 0.5) is 17.1 Å². The van der Waals surface area contributed by atoms with Gasteiger partial charge in [-0.05, 0) is 105 Å². The predicted octanol–water partition coefficient (Wildman–Crippen LogP) is 11.7. The van der Waals surface area contributed by atoms with Crippen molar-refractivity contribution in [2.24, 2.45) is 0 Å². The molecule has 0 amide bonds. The molecule has 0 heterocycles. The Morgan fingerprint density at radius 2 is 0.976 bits per heavy atom. The van der Waals surface area contributed by atoms with Gasteiger partial charge in [-0.15, -0.1) is 0 Å². The maximum Gasteiger partial charge on any atom is 0.0462 e. The van der Waals surface area contributed by atoms with Gasteiger partial charge in [0.05, 0.1) is 0 Å². The lowest BCUT2D eigenvalue weighted by Crippen LogP contribution is -2.43. The largest absolute Gasteiger partial charge is 0.311 e. The molecule has 0 fully saturated rings. The molecule has 5 aromatic carbocycles.